The van der Waals surface area contributed by atoms with Crippen molar-refractivity contribution < 1.29 is 22.9 Å². The standard InChI is InChI=1S/C24H25N5O5S/c1-14-21(16(3)34-27-14)29(35(32)33)15(2)23(30)26-22-24(31)28(4)19-13-9-8-12-18(19)20(25-22)17-10-6-5-7-11-17/h5-13,15,22H,1-4H3,(H,26,30)(H,32,33)/p-1. The van der Waals surface area contributed by atoms with Crippen LogP contribution in [0.5, 0.6) is 0 Å². The first kappa shape index (κ1) is 24.3. The Morgan fingerprint density at radius 3 is 2.46 bits per heavy atom. The van der Waals surface area contributed by atoms with E-state index in [1.165, 1.54) is 11.8 Å². The molecule has 35 heavy (non-hydrogen) atoms. The van der Waals surface area contributed by atoms with Gasteiger partial charge in [-0.25, -0.2) is 4.99 Å². The van der Waals surface area contributed by atoms with Crippen molar-refractivity contribution in [2.24, 2.45) is 4.99 Å². The monoisotopic (exact) mass is 494 g/mol. The Kier molecular flexibility index (Phi) is 6.81. The summed E-state index contributed by atoms with van der Waals surface area (Å²) in [7, 11) is 1.61. The molecule has 0 spiro atoms. The Bertz CT molecular complexity index is 1300. The number of benzene rings is 2. The van der Waals surface area contributed by atoms with E-state index in [4.69, 9.17) is 4.52 Å². The van der Waals surface area contributed by atoms with Crippen LogP contribution in [0.1, 0.15) is 29.5 Å². The largest absolute Gasteiger partial charge is 0.755 e. The predicted octanol–water partition coefficient (Wildman–Crippen LogP) is 2.24. The minimum Gasteiger partial charge on any atom is -0.755 e. The van der Waals surface area contributed by atoms with Gasteiger partial charge in [0.15, 0.2) is 5.76 Å². The molecule has 182 valence electrons. The molecule has 0 saturated carbocycles. The number of aryl methyl sites for hydroxylation is 2. The highest BCUT2D eigenvalue weighted by molar-refractivity contribution is 7.80. The molecule has 0 aliphatic carbocycles. The summed E-state index contributed by atoms with van der Waals surface area (Å²) < 4.78 is 30.1. The SMILES string of the molecule is Cc1noc(C)c1N(C(C)C(=O)NC1N=C(c2ccccc2)c2ccccc2N(C)C1=O)S(=O)[O-]. The van der Waals surface area contributed by atoms with Crippen molar-refractivity contribution in [1.82, 2.24) is 10.5 Å². The fraction of sp³-hybridized carbons (Fsp3) is 0.250. The molecule has 1 aliphatic heterocycles. The minimum absolute atomic E-state index is 0.172. The van der Waals surface area contributed by atoms with Gasteiger partial charge < -0.3 is 19.3 Å². The quantitative estimate of drug-likeness (QED) is 0.523. The van der Waals surface area contributed by atoms with Crippen molar-refractivity contribution in [3.63, 3.8) is 0 Å². The first-order chi connectivity index (χ1) is 16.7. The Hall–Kier alpha value is -3.83. The van der Waals surface area contributed by atoms with Crippen LogP contribution in [-0.2, 0) is 20.9 Å². The average Bonchev–Trinajstić information content (AvgIpc) is 3.13. The van der Waals surface area contributed by atoms with Crippen LogP contribution in [0.3, 0.4) is 0 Å². The number of fused-ring (bicyclic) bond motifs is 1. The lowest BCUT2D eigenvalue weighted by Gasteiger charge is -2.31. The van der Waals surface area contributed by atoms with Gasteiger partial charge in [-0.3, -0.25) is 18.1 Å². The van der Waals surface area contributed by atoms with E-state index in [1.54, 1.807) is 27.0 Å². The van der Waals surface area contributed by atoms with E-state index in [9.17, 15) is 18.4 Å². The predicted molar refractivity (Wildman–Crippen MR) is 131 cm³/mol. The van der Waals surface area contributed by atoms with Gasteiger partial charge in [0.05, 0.1) is 11.4 Å². The number of carbonyl (C=O) groups excluding carboxylic acids is 2. The number of likely N-dealkylation sites (N-methyl/N-ethyl adjacent to an activating group) is 1. The molecule has 0 bridgehead atoms. The van der Waals surface area contributed by atoms with Crippen LogP contribution in [-0.4, -0.2) is 50.7 Å². The minimum atomic E-state index is -2.81. The van der Waals surface area contributed by atoms with E-state index in [0.29, 0.717) is 17.1 Å². The number of hydrogen-bond donors (Lipinski definition) is 1. The summed E-state index contributed by atoms with van der Waals surface area (Å²) in [6.07, 6.45) is -1.27. The molecule has 3 atom stereocenters. The van der Waals surface area contributed by atoms with Crippen LogP contribution in [0.25, 0.3) is 0 Å². The van der Waals surface area contributed by atoms with E-state index in [0.717, 1.165) is 15.4 Å². The lowest BCUT2D eigenvalue weighted by molar-refractivity contribution is -0.127. The van der Waals surface area contributed by atoms with E-state index in [2.05, 4.69) is 15.5 Å². The molecular weight excluding hydrogens is 470 g/mol. The number of rotatable bonds is 6. The fourth-order valence-electron chi connectivity index (χ4n) is 3.99. The van der Waals surface area contributed by atoms with Gasteiger partial charge in [0.25, 0.3) is 5.91 Å². The van der Waals surface area contributed by atoms with Gasteiger partial charge in [-0.2, -0.15) is 0 Å². The zero-order chi connectivity index (χ0) is 25.3. The van der Waals surface area contributed by atoms with E-state index < -0.39 is 35.3 Å². The Labute approximate surface area is 205 Å². The highest BCUT2D eigenvalue weighted by Gasteiger charge is 2.34. The van der Waals surface area contributed by atoms with Crippen LogP contribution in [0.15, 0.2) is 64.1 Å². The summed E-state index contributed by atoms with van der Waals surface area (Å²) in [5, 5.41) is 6.40. The van der Waals surface area contributed by atoms with Crippen molar-refractivity contribution in [2.45, 2.75) is 33.0 Å². The van der Waals surface area contributed by atoms with Gasteiger partial charge >= 0.3 is 0 Å². The number of nitrogens with one attached hydrogen (secondary N) is 1. The maximum absolute atomic E-state index is 13.3. The third kappa shape index (κ3) is 4.60. The third-order valence-corrected chi connectivity index (χ3v) is 6.60. The Morgan fingerprint density at radius 1 is 1.17 bits per heavy atom. The number of nitrogens with zero attached hydrogens (tertiary/aromatic N) is 4. The van der Waals surface area contributed by atoms with Crippen LogP contribution >= 0.6 is 0 Å². The van der Waals surface area contributed by atoms with Crippen molar-refractivity contribution in [3.05, 3.63) is 77.2 Å². The molecular formula is C24H24N5O5S-. The summed E-state index contributed by atoms with van der Waals surface area (Å²) in [6.45, 7) is 4.55. The van der Waals surface area contributed by atoms with Gasteiger partial charge in [0.2, 0.25) is 12.1 Å². The number of anilines is 2. The normalized spacial score (nSPS) is 17.2. The Balaban J connectivity index is 1.71. The van der Waals surface area contributed by atoms with Crippen LogP contribution < -0.4 is 14.5 Å². The first-order valence-electron chi connectivity index (χ1n) is 10.8. The molecule has 1 aromatic heterocycles. The molecule has 0 fully saturated rings. The summed E-state index contributed by atoms with van der Waals surface area (Å²) in [4.78, 5) is 32.6. The van der Waals surface area contributed by atoms with Gasteiger partial charge in [-0.05, 0) is 26.8 Å². The number of aliphatic imine (C=N–C) groups is 1. The summed E-state index contributed by atoms with van der Waals surface area (Å²) in [6, 6.07) is 15.4. The summed E-state index contributed by atoms with van der Waals surface area (Å²) in [5.74, 6) is -0.921. The molecule has 2 heterocycles. The molecule has 1 N–H and O–H groups in total. The van der Waals surface area contributed by atoms with Crippen LogP contribution in [0, 0.1) is 13.8 Å². The smallest absolute Gasteiger partial charge is 0.272 e. The maximum Gasteiger partial charge on any atom is 0.272 e. The molecule has 10 nitrogen and oxygen atoms in total. The number of hydrogen-bond acceptors (Lipinski definition) is 7. The van der Waals surface area contributed by atoms with Gasteiger partial charge in [0, 0.05) is 29.4 Å². The Morgan fingerprint density at radius 2 is 1.83 bits per heavy atom. The lowest BCUT2D eigenvalue weighted by Crippen LogP contribution is -2.53. The van der Waals surface area contributed by atoms with Crippen molar-refractivity contribution in [1.29, 1.82) is 0 Å². The molecule has 0 radical (unpaired) electrons. The number of aromatic nitrogens is 1. The average molecular weight is 495 g/mol. The fourth-order valence-corrected chi connectivity index (χ4v) is 4.76. The molecule has 1 aliphatic rings. The second kappa shape index (κ2) is 9.80. The maximum atomic E-state index is 13.3. The van der Waals surface area contributed by atoms with Crippen LogP contribution in [0.4, 0.5) is 11.4 Å². The number of carbonyl (C=O) groups is 2. The van der Waals surface area contributed by atoms with E-state index in [-0.39, 0.29) is 11.4 Å². The van der Waals surface area contributed by atoms with Crippen molar-refractivity contribution >= 4 is 40.2 Å². The molecule has 0 saturated heterocycles. The topological polar surface area (TPSA) is 131 Å². The highest BCUT2D eigenvalue weighted by atomic mass is 32.2. The van der Waals surface area contributed by atoms with Gasteiger partial charge in [-0.15, -0.1) is 0 Å². The van der Waals surface area contributed by atoms with Crippen molar-refractivity contribution in [3.8, 4) is 0 Å². The zero-order valence-electron chi connectivity index (χ0n) is 19.6. The summed E-state index contributed by atoms with van der Waals surface area (Å²) in [5.41, 5.74) is 3.17. The second-order valence-corrected chi connectivity index (χ2v) is 8.89. The third-order valence-electron chi connectivity index (χ3n) is 5.78. The van der Waals surface area contributed by atoms with Gasteiger partial charge in [-0.1, -0.05) is 53.7 Å². The van der Waals surface area contributed by atoms with Crippen molar-refractivity contribution in [2.75, 3.05) is 16.3 Å². The van der Waals surface area contributed by atoms with Gasteiger partial charge in [0.1, 0.15) is 17.4 Å². The zero-order valence-corrected chi connectivity index (χ0v) is 20.4. The van der Waals surface area contributed by atoms with Crippen LogP contribution in [0.2, 0.25) is 0 Å². The molecule has 11 heteroatoms. The van der Waals surface area contributed by atoms with E-state index in [1.807, 2.05) is 48.5 Å². The number of para-hydroxylation sites is 1. The second-order valence-electron chi connectivity index (χ2n) is 8.06. The summed E-state index contributed by atoms with van der Waals surface area (Å²) >= 11 is -2.81. The molecule has 2 amide bonds. The molecule has 3 unspecified atom stereocenters. The number of amides is 2. The number of benzodiazepines with no additional fused rings is 1. The molecule has 4 rings (SSSR count). The lowest BCUT2D eigenvalue weighted by atomic mass is 10.0. The molecule has 3 aromatic rings. The first-order valence-corrected chi connectivity index (χ1v) is 11.9. The van der Waals surface area contributed by atoms with E-state index >= 15 is 0 Å². The highest BCUT2D eigenvalue weighted by Crippen LogP contribution is 2.29. The molecule has 2 aromatic carbocycles.